The maximum Gasteiger partial charge on any atom is 0.332 e. The number of rotatable bonds is 19. The predicted molar refractivity (Wildman–Crippen MR) is 174 cm³/mol. The molecule has 3 aliphatic rings. The molecule has 15 heteroatoms. The van der Waals surface area contributed by atoms with E-state index in [1.165, 1.54) is 7.05 Å². The van der Waals surface area contributed by atoms with Crippen LogP contribution in [0, 0.1) is 23.7 Å². The number of aliphatic hydroxyl groups is 5. The Bertz CT molecular complexity index is 1050. The molecule has 2 aliphatic heterocycles. The predicted octanol–water partition coefficient (Wildman–Crippen LogP) is 0.543. The summed E-state index contributed by atoms with van der Waals surface area (Å²) in [6.45, 7) is 6.91. The molecular weight excluding hydrogens is 644 g/mol. The van der Waals surface area contributed by atoms with Crippen LogP contribution in [0.5, 0.6) is 0 Å². The van der Waals surface area contributed by atoms with Crippen molar-refractivity contribution in [2.24, 2.45) is 23.7 Å². The van der Waals surface area contributed by atoms with E-state index in [2.05, 4.69) is 11.9 Å². The lowest BCUT2D eigenvalue weighted by Gasteiger charge is -2.49. The zero-order valence-corrected chi connectivity index (χ0v) is 29.1. The first-order valence-electron chi connectivity index (χ1n) is 17.7. The lowest BCUT2D eigenvalue weighted by Crippen LogP contribution is -2.61. The summed E-state index contributed by atoms with van der Waals surface area (Å²) in [5, 5.41) is 57.0. The highest BCUT2D eigenvalue weighted by atomic mass is 16.7. The number of aliphatic hydroxyl groups excluding tert-OH is 5. The molecule has 1 saturated carbocycles. The largest absolute Gasteiger partial charge is 0.394 e. The minimum atomic E-state index is -1.25. The first kappa shape index (κ1) is 41.2. The van der Waals surface area contributed by atoms with Gasteiger partial charge in [0.1, 0.15) is 24.4 Å². The summed E-state index contributed by atoms with van der Waals surface area (Å²) in [4.78, 5) is 41.1. The van der Waals surface area contributed by atoms with Crippen molar-refractivity contribution in [3.05, 3.63) is 12.7 Å². The summed E-state index contributed by atoms with van der Waals surface area (Å²) in [7, 11) is 1.38. The minimum absolute atomic E-state index is 0.0145. The molecule has 0 aromatic heterocycles. The van der Waals surface area contributed by atoms with E-state index in [0.29, 0.717) is 25.7 Å². The van der Waals surface area contributed by atoms with E-state index >= 15 is 0 Å². The zero-order valence-electron chi connectivity index (χ0n) is 29.1. The number of unbranched alkanes of at least 4 members (excludes halogenated alkanes) is 1. The van der Waals surface area contributed by atoms with Crippen LogP contribution in [-0.4, -0.2) is 131 Å². The van der Waals surface area contributed by atoms with Gasteiger partial charge in [-0.25, -0.2) is 4.79 Å². The van der Waals surface area contributed by atoms with Crippen LogP contribution in [0.4, 0.5) is 0 Å². The van der Waals surface area contributed by atoms with Crippen molar-refractivity contribution >= 4 is 17.8 Å². The summed E-state index contributed by atoms with van der Waals surface area (Å²) >= 11 is 0. The molecule has 0 spiro atoms. The maximum atomic E-state index is 12.3. The number of amides is 2. The molecular formula is C34H58N2O13. The summed E-state index contributed by atoms with van der Waals surface area (Å²) in [6.07, 6.45) is -1.95. The van der Waals surface area contributed by atoms with Crippen molar-refractivity contribution in [3.8, 4) is 0 Å². The Morgan fingerprint density at radius 1 is 0.959 bits per heavy atom. The van der Waals surface area contributed by atoms with Gasteiger partial charge in [-0.05, 0) is 43.9 Å². The average Bonchev–Trinajstić information content (AvgIpc) is 3.05. The van der Waals surface area contributed by atoms with Crippen molar-refractivity contribution in [2.75, 3.05) is 33.4 Å². The Labute approximate surface area is 288 Å². The highest BCUT2D eigenvalue weighted by Crippen LogP contribution is 2.42. The van der Waals surface area contributed by atoms with Gasteiger partial charge >= 0.3 is 5.97 Å². The maximum absolute atomic E-state index is 12.3. The summed E-state index contributed by atoms with van der Waals surface area (Å²) < 4.78 is 23.8. The molecule has 0 aromatic carbocycles. The van der Waals surface area contributed by atoms with E-state index in [1.54, 1.807) is 6.08 Å². The van der Waals surface area contributed by atoms with E-state index < -0.39 is 73.6 Å². The standard InChI is InChI=1S/C34H58N2O13/c1-5-7-14-25(39)36(4)49-26(40)15-9-8-13-24(38)35-16-17-45-34-32(44)27(20(3)6-2)29(41)23(48-34)19-46-33-28(21-11-10-12-21)31(43)30(42)22(18-37)47-33/h5,20-23,27-34,37,41-44H,1,6-19H2,2-4H3,(H,35,38)/t20?,22?,23?,27?,28?,29-,30-,31?,32?,33+,34+/m1/s1. The Morgan fingerprint density at radius 2 is 1.65 bits per heavy atom. The topological polar surface area (TPSA) is 214 Å². The van der Waals surface area contributed by atoms with E-state index in [9.17, 15) is 39.9 Å². The fourth-order valence-corrected chi connectivity index (χ4v) is 6.60. The van der Waals surface area contributed by atoms with Gasteiger partial charge in [0.05, 0.1) is 32.0 Å². The Balaban J connectivity index is 1.45. The molecule has 2 heterocycles. The van der Waals surface area contributed by atoms with Gasteiger partial charge in [-0.15, -0.1) is 6.58 Å². The van der Waals surface area contributed by atoms with Gasteiger partial charge in [-0.3, -0.25) is 9.59 Å². The molecule has 7 unspecified atom stereocenters. The molecule has 0 radical (unpaired) electrons. The second-order valence-electron chi connectivity index (χ2n) is 13.4. The number of carbonyl (C=O) groups excluding carboxylic acids is 3. The molecule has 1 aliphatic carbocycles. The van der Waals surface area contributed by atoms with Crippen molar-refractivity contribution in [1.82, 2.24) is 10.4 Å². The van der Waals surface area contributed by atoms with Crippen molar-refractivity contribution in [3.63, 3.8) is 0 Å². The number of ether oxygens (including phenoxy) is 4. The zero-order chi connectivity index (χ0) is 36.1. The number of nitrogens with one attached hydrogen (secondary N) is 1. The fourth-order valence-electron chi connectivity index (χ4n) is 6.60. The van der Waals surface area contributed by atoms with Gasteiger partial charge in [-0.2, -0.15) is 5.06 Å². The highest BCUT2D eigenvalue weighted by molar-refractivity contribution is 5.78. The molecule has 0 bridgehead atoms. The molecule has 15 nitrogen and oxygen atoms in total. The molecule has 3 rings (SSSR count). The third-order valence-corrected chi connectivity index (χ3v) is 10.00. The molecule has 282 valence electrons. The number of carbonyl (C=O) groups is 3. The second-order valence-corrected chi connectivity index (χ2v) is 13.4. The lowest BCUT2D eigenvalue weighted by atomic mass is 9.70. The van der Waals surface area contributed by atoms with Gasteiger partial charge in [0.2, 0.25) is 5.91 Å². The fraction of sp³-hybridized carbons (Fsp3) is 0.853. The number of allylic oxidation sites excluding steroid dienone is 1. The number of hydroxylamine groups is 2. The van der Waals surface area contributed by atoms with E-state index in [0.717, 1.165) is 24.3 Å². The molecule has 11 atom stereocenters. The third kappa shape index (κ3) is 11.7. The molecule has 6 N–H and O–H groups in total. The lowest BCUT2D eigenvalue weighted by molar-refractivity contribution is -0.328. The van der Waals surface area contributed by atoms with E-state index in [4.69, 9.17) is 23.8 Å². The van der Waals surface area contributed by atoms with Gasteiger partial charge in [0.25, 0.3) is 5.91 Å². The van der Waals surface area contributed by atoms with Crippen LogP contribution < -0.4 is 5.32 Å². The molecule has 2 saturated heterocycles. The van der Waals surface area contributed by atoms with Gasteiger partial charge in [0, 0.05) is 44.7 Å². The average molecular weight is 703 g/mol. The summed E-state index contributed by atoms with van der Waals surface area (Å²) in [5.74, 6) is -2.27. The van der Waals surface area contributed by atoms with Crippen LogP contribution in [0.15, 0.2) is 12.7 Å². The van der Waals surface area contributed by atoms with Gasteiger partial charge in [-0.1, -0.05) is 32.8 Å². The Hall–Kier alpha value is -2.21. The van der Waals surface area contributed by atoms with E-state index in [1.807, 2.05) is 13.8 Å². The van der Waals surface area contributed by atoms with Gasteiger partial charge < -0.3 is 54.6 Å². The SMILES string of the molecule is C=CCCC(=O)N(C)OC(=O)CCCCC(=O)NCCO[C@H]1OC(CO[C@H]2OC(CO)[C@@H](O)C(O)C2C2CCC2)[C@@H](O)C(C(C)CC)C1O. The van der Waals surface area contributed by atoms with Crippen LogP contribution in [0.3, 0.4) is 0 Å². The van der Waals surface area contributed by atoms with E-state index in [-0.39, 0.29) is 62.7 Å². The van der Waals surface area contributed by atoms with Crippen LogP contribution >= 0.6 is 0 Å². The monoisotopic (exact) mass is 702 g/mol. The van der Waals surface area contributed by atoms with Crippen molar-refractivity contribution < 1.29 is 63.7 Å². The quantitative estimate of drug-likeness (QED) is 0.0617. The summed E-state index contributed by atoms with van der Waals surface area (Å²) in [6, 6.07) is 0. The number of hydrogen-bond acceptors (Lipinski definition) is 13. The van der Waals surface area contributed by atoms with Gasteiger partial charge in [0.15, 0.2) is 12.6 Å². The minimum Gasteiger partial charge on any atom is -0.394 e. The smallest absolute Gasteiger partial charge is 0.332 e. The van der Waals surface area contributed by atoms with Crippen LogP contribution in [-0.2, 0) is 38.2 Å². The Morgan fingerprint density at radius 3 is 2.29 bits per heavy atom. The number of nitrogens with zero attached hydrogens (tertiary/aromatic N) is 1. The van der Waals surface area contributed by atoms with Crippen molar-refractivity contribution in [2.45, 2.75) is 127 Å². The highest BCUT2D eigenvalue weighted by Gasteiger charge is 2.51. The van der Waals surface area contributed by atoms with Crippen LogP contribution in [0.1, 0.15) is 78.1 Å². The Kier molecular flexibility index (Phi) is 17.3. The normalized spacial score (nSPS) is 32.5. The van der Waals surface area contributed by atoms with Crippen molar-refractivity contribution in [1.29, 1.82) is 0 Å². The number of hydrogen-bond donors (Lipinski definition) is 6. The summed E-state index contributed by atoms with van der Waals surface area (Å²) in [5.41, 5.74) is 0. The molecule has 2 amide bonds. The molecule has 0 aromatic rings. The van der Waals surface area contributed by atoms with Crippen LogP contribution in [0.2, 0.25) is 0 Å². The third-order valence-electron chi connectivity index (χ3n) is 10.00. The first-order chi connectivity index (χ1) is 23.4. The first-order valence-corrected chi connectivity index (χ1v) is 17.7. The van der Waals surface area contributed by atoms with Crippen LogP contribution in [0.25, 0.3) is 0 Å². The molecule has 3 fully saturated rings. The molecule has 49 heavy (non-hydrogen) atoms. The second kappa shape index (κ2) is 20.6.